The summed E-state index contributed by atoms with van der Waals surface area (Å²) in [5, 5.41) is 3.79. The number of furan rings is 1. The summed E-state index contributed by atoms with van der Waals surface area (Å²) >= 11 is 5.74. The summed E-state index contributed by atoms with van der Waals surface area (Å²) < 4.78 is 5.38. The van der Waals surface area contributed by atoms with Gasteiger partial charge in [0.05, 0.1) is 6.04 Å². The first kappa shape index (κ1) is 12.2. The molecule has 82 valence electrons. The second-order valence-electron chi connectivity index (χ2n) is 3.22. The Morgan fingerprint density at radius 2 is 2.33 bits per heavy atom. The minimum Gasteiger partial charge on any atom is -0.448 e. The Kier molecular flexibility index (Phi) is 5.31. The van der Waals surface area contributed by atoms with E-state index in [4.69, 9.17) is 16.0 Å². The lowest BCUT2D eigenvalue weighted by molar-refractivity contribution is 0.405. The molecule has 1 heterocycles. The summed E-state index contributed by atoms with van der Waals surface area (Å²) in [6.07, 6.45) is 1.81. The largest absolute Gasteiger partial charge is 0.448 e. The number of hydrogen-bond acceptors (Lipinski definition) is 2. The molecule has 1 atom stereocenters. The van der Waals surface area contributed by atoms with Gasteiger partial charge in [-0.25, -0.2) is 0 Å². The fraction of sp³-hybridized carbons (Fsp3) is 0.500. The van der Waals surface area contributed by atoms with Crippen LogP contribution >= 0.6 is 11.6 Å². The van der Waals surface area contributed by atoms with Crippen LogP contribution in [0, 0.1) is 11.8 Å². The van der Waals surface area contributed by atoms with Crippen LogP contribution in [0.4, 0.5) is 0 Å². The Morgan fingerprint density at radius 1 is 1.53 bits per heavy atom. The van der Waals surface area contributed by atoms with Gasteiger partial charge in [0.2, 0.25) is 0 Å². The lowest BCUT2D eigenvalue weighted by Crippen LogP contribution is -2.20. The molecule has 1 N–H and O–H groups in total. The molecule has 3 heteroatoms. The fourth-order valence-electron chi connectivity index (χ4n) is 1.45. The summed E-state index contributed by atoms with van der Waals surface area (Å²) in [6, 6.07) is 3.89. The molecule has 0 aliphatic heterocycles. The summed E-state index contributed by atoms with van der Waals surface area (Å²) in [5.41, 5.74) is 0. The van der Waals surface area contributed by atoms with Gasteiger partial charge in [-0.3, -0.25) is 0 Å². The standard InChI is InChI=1S/C12H16ClNO/c1-3-5-6-7-10(14-4-2)11-8-9-12(13)15-11/h8-10,14H,4,6-7H2,1-2H3. The Bertz CT molecular complexity index is 348. The fourth-order valence-corrected chi connectivity index (χ4v) is 1.60. The van der Waals surface area contributed by atoms with E-state index < -0.39 is 0 Å². The van der Waals surface area contributed by atoms with E-state index in [2.05, 4.69) is 24.1 Å². The van der Waals surface area contributed by atoms with E-state index in [0.29, 0.717) is 5.22 Å². The van der Waals surface area contributed by atoms with Crippen molar-refractivity contribution in [3.05, 3.63) is 23.1 Å². The molecule has 0 radical (unpaired) electrons. The topological polar surface area (TPSA) is 25.2 Å². The van der Waals surface area contributed by atoms with Gasteiger partial charge in [0.25, 0.3) is 0 Å². The molecule has 0 aliphatic carbocycles. The van der Waals surface area contributed by atoms with Crippen LogP contribution in [0.1, 0.15) is 38.5 Å². The highest BCUT2D eigenvalue weighted by Crippen LogP contribution is 2.23. The molecule has 1 aromatic heterocycles. The first-order chi connectivity index (χ1) is 7.27. The van der Waals surface area contributed by atoms with Crippen LogP contribution in [0.2, 0.25) is 5.22 Å². The van der Waals surface area contributed by atoms with Crippen molar-refractivity contribution >= 4 is 11.6 Å². The van der Waals surface area contributed by atoms with E-state index in [1.165, 1.54) is 0 Å². The van der Waals surface area contributed by atoms with Gasteiger partial charge in [0.1, 0.15) is 5.76 Å². The molecular weight excluding hydrogens is 210 g/mol. The van der Waals surface area contributed by atoms with Crippen LogP contribution in [0.5, 0.6) is 0 Å². The predicted molar refractivity (Wildman–Crippen MR) is 62.8 cm³/mol. The first-order valence-electron chi connectivity index (χ1n) is 5.16. The molecular formula is C12H16ClNO. The van der Waals surface area contributed by atoms with Crippen molar-refractivity contribution in [2.24, 2.45) is 0 Å². The summed E-state index contributed by atoms with van der Waals surface area (Å²) in [6.45, 7) is 4.83. The van der Waals surface area contributed by atoms with E-state index in [9.17, 15) is 0 Å². The van der Waals surface area contributed by atoms with Crippen LogP contribution in [-0.4, -0.2) is 6.54 Å². The summed E-state index contributed by atoms with van der Waals surface area (Å²) in [7, 11) is 0. The minimum atomic E-state index is 0.211. The van der Waals surface area contributed by atoms with Gasteiger partial charge in [-0.2, -0.15) is 0 Å². The number of nitrogens with one attached hydrogen (secondary N) is 1. The quantitative estimate of drug-likeness (QED) is 0.778. The molecule has 0 amide bonds. The smallest absolute Gasteiger partial charge is 0.193 e. The predicted octanol–water partition coefficient (Wildman–Crippen LogP) is 3.39. The van der Waals surface area contributed by atoms with Crippen molar-refractivity contribution in [2.45, 2.75) is 32.7 Å². The molecule has 15 heavy (non-hydrogen) atoms. The van der Waals surface area contributed by atoms with Gasteiger partial charge < -0.3 is 9.73 Å². The molecule has 0 saturated heterocycles. The summed E-state index contributed by atoms with van der Waals surface area (Å²) in [5.74, 6) is 6.83. The van der Waals surface area contributed by atoms with Gasteiger partial charge in [-0.1, -0.05) is 6.92 Å². The van der Waals surface area contributed by atoms with Crippen LogP contribution in [0.25, 0.3) is 0 Å². The van der Waals surface area contributed by atoms with Crippen LogP contribution < -0.4 is 5.32 Å². The molecule has 0 aromatic carbocycles. The lowest BCUT2D eigenvalue weighted by atomic mass is 10.1. The van der Waals surface area contributed by atoms with Crippen molar-refractivity contribution in [3.8, 4) is 11.8 Å². The molecule has 1 unspecified atom stereocenters. The molecule has 0 saturated carbocycles. The van der Waals surface area contributed by atoms with Crippen LogP contribution in [0.3, 0.4) is 0 Å². The molecule has 1 aromatic rings. The summed E-state index contributed by atoms with van der Waals surface area (Å²) in [4.78, 5) is 0. The van der Waals surface area contributed by atoms with Crippen molar-refractivity contribution in [1.82, 2.24) is 5.32 Å². The third-order valence-corrected chi connectivity index (χ3v) is 2.33. The average Bonchev–Trinajstić information content (AvgIpc) is 2.64. The Labute approximate surface area is 96.0 Å². The Hall–Kier alpha value is -0.910. The number of hydrogen-bond donors (Lipinski definition) is 1. The second kappa shape index (κ2) is 6.55. The zero-order chi connectivity index (χ0) is 11.1. The van der Waals surface area contributed by atoms with E-state index in [1.807, 2.05) is 13.0 Å². The van der Waals surface area contributed by atoms with Gasteiger partial charge in [-0.15, -0.1) is 11.8 Å². The maximum atomic E-state index is 5.74. The Balaban J connectivity index is 2.59. The second-order valence-corrected chi connectivity index (χ2v) is 3.59. The zero-order valence-corrected chi connectivity index (χ0v) is 9.90. The van der Waals surface area contributed by atoms with E-state index in [0.717, 1.165) is 25.1 Å². The maximum Gasteiger partial charge on any atom is 0.193 e. The maximum absolute atomic E-state index is 5.74. The number of rotatable bonds is 5. The van der Waals surface area contributed by atoms with Crippen molar-refractivity contribution in [2.75, 3.05) is 6.54 Å². The molecule has 0 bridgehead atoms. The van der Waals surface area contributed by atoms with E-state index in [1.54, 1.807) is 6.07 Å². The van der Waals surface area contributed by atoms with Gasteiger partial charge >= 0.3 is 0 Å². The lowest BCUT2D eigenvalue weighted by Gasteiger charge is -2.13. The minimum absolute atomic E-state index is 0.211. The van der Waals surface area contributed by atoms with Gasteiger partial charge in [0, 0.05) is 6.42 Å². The molecule has 1 rings (SSSR count). The SMILES string of the molecule is CC#CCCC(NCC)c1ccc(Cl)o1. The third kappa shape index (κ3) is 3.99. The number of halogens is 1. The van der Waals surface area contributed by atoms with E-state index >= 15 is 0 Å². The molecule has 0 spiro atoms. The highest BCUT2D eigenvalue weighted by molar-refractivity contribution is 6.28. The van der Waals surface area contributed by atoms with Crippen LogP contribution in [-0.2, 0) is 0 Å². The monoisotopic (exact) mass is 225 g/mol. The van der Waals surface area contributed by atoms with Crippen molar-refractivity contribution in [1.29, 1.82) is 0 Å². The average molecular weight is 226 g/mol. The molecule has 2 nitrogen and oxygen atoms in total. The van der Waals surface area contributed by atoms with Crippen LogP contribution in [0.15, 0.2) is 16.5 Å². The highest BCUT2D eigenvalue weighted by Gasteiger charge is 2.13. The molecule has 0 aliphatic rings. The normalized spacial score (nSPS) is 11.9. The van der Waals surface area contributed by atoms with Gasteiger partial charge in [0.15, 0.2) is 5.22 Å². The van der Waals surface area contributed by atoms with Gasteiger partial charge in [-0.05, 0) is 43.6 Å². The third-order valence-electron chi connectivity index (χ3n) is 2.12. The Morgan fingerprint density at radius 3 is 2.87 bits per heavy atom. The highest BCUT2D eigenvalue weighted by atomic mass is 35.5. The van der Waals surface area contributed by atoms with E-state index in [-0.39, 0.29) is 6.04 Å². The molecule has 0 fully saturated rings. The van der Waals surface area contributed by atoms with Crippen molar-refractivity contribution < 1.29 is 4.42 Å². The zero-order valence-electron chi connectivity index (χ0n) is 9.14. The first-order valence-corrected chi connectivity index (χ1v) is 5.54. The van der Waals surface area contributed by atoms with Crippen molar-refractivity contribution in [3.63, 3.8) is 0 Å².